The molecule has 0 fully saturated rings. The summed E-state index contributed by atoms with van der Waals surface area (Å²) in [6.45, 7) is 0. The lowest BCUT2D eigenvalue weighted by atomic mass is 10.2. The Kier molecular flexibility index (Phi) is 2.51. The van der Waals surface area contributed by atoms with Gasteiger partial charge in [-0.25, -0.2) is 0 Å². The molecule has 0 unspecified atom stereocenters. The van der Waals surface area contributed by atoms with E-state index in [0.717, 1.165) is 4.57 Å². The molecule has 0 bridgehead atoms. The fourth-order valence-electron chi connectivity index (χ4n) is 1.52. The number of nitrogens with one attached hydrogen (secondary N) is 1. The zero-order chi connectivity index (χ0) is 11.9. The molecular weight excluding hydrogens is 276 g/mol. The molecular formula is C10H7BrN2O3. The number of hydrogen-bond donors (Lipinski definition) is 1. The highest BCUT2D eigenvalue weighted by atomic mass is 79.9. The zero-order valence-electron chi connectivity index (χ0n) is 8.28. The quantitative estimate of drug-likeness (QED) is 0.709. The molecule has 1 aromatic heterocycles. The fraction of sp³-hybridized carbons (Fsp3) is 0.100. The fourth-order valence-corrected chi connectivity index (χ4v) is 2.15. The van der Waals surface area contributed by atoms with Gasteiger partial charge >= 0.3 is 11.1 Å². The topological polar surface area (TPSA) is 71.9 Å². The summed E-state index contributed by atoms with van der Waals surface area (Å²) in [4.78, 5) is 36.5. The summed E-state index contributed by atoms with van der Waals surface area (Å²) in [6.07, 6.45) is 0. The molecule has 0 radical (unpaired) electrons. The third-order valence-electron chi connectivity index (χ3n) is 2.29. The standard InChI is InChI=1S/C10H7BrN2O3/c1-13-7-5(3-2-4-6(7)11)8(14)12-9(15)10(13)16/h2-4H,1H3,(H,12,14,15). The van der Waals surface area contributed by atoms with E-state index in [1.807, 2.05) is 4.98 Å². The lowest BCUT2D eigenvalue weighted by molar-refractivity contribution is 0.889. The minimum absolute atomic E-state index is 0.288. The first-order valence-corrected chi connectivity index (χ1v) is 5.23. The van der Waals surface area contributed by atoms with Gasteiger partial charge in [0.1, 0.15) is 0 Å². The number of halogens is 1. The van der Waals surface area contributed by atoms with E-state index in [9.17, 15) is 14.4 Å². The van der Waals surface area contributed by atoms with Crippen LogP contribution in [0.5, 0.6) is 0 Å². The van der Waals surface area contributed by atoms with Gasteiger partial charge in [-0.1, -0.05) is 6.07 Å². The first-order chi connectivity index (χ1) is 7.52. The monoisotopic (exact) mass is 282 g/mol. The van der Waals surface area contributed by atoms with Gasteiger partial charge < -0.3 is 4.57 Å². The van der Waals surface area contributed by atoms with Crippen molar-refractivity contribution in [3.05, 3.63) is 53.7 Å². The summed E-state index contributed by atoms with van der Waals surface area (Å²) < 4.78 is 1.74. The summed E-state index contributed by atoms with van der Waals surface area (Å²) in [7, 11) is 1.45. The minimum Gasteiger partial charge on any atom is -0.305 e. The maximum absolute atomic E-state index is 11.6. The van der Waals surface area contributed by atoms with Crippen LogP contribution in [-0.4, -0.2) is 9.55 Å². The summed E-state index contributed by atoms with van der Waals surface area (Å²) in [6, 6.07) is 4.92. The third-order valence-corrected chi connectivity index (χ3v) is 2.93. The predicted molar refractivity (Wildman–Crippen MR) is 63.8 cm³/mol. The maximum atomic E-state index is 11.6. The molecule has 16 heavy (non-hydrogen) atoms. The average molecular weight is 283 g/mol. The number of para-hydroxylation sites is 1. The van der Waals surface area contributed by atoms with Gasteiger partial charge in [-0.2, -0.15) is 0 Å². The number of nitrogens with zero attached hydrogens (tertiary/aromatic N) is 1. The lowest BCUT2D eigenvalue weighted by Crippen LogP contribution is -2.33. The Morgan fingerprint density at radius 3 is 2.56 bits per heavy atom. The molecule has 0 atom stereocenters. The van der Waals surface area contributed by atoms with Crippen molar-refractivity contribution in [1.82, 2.24) is 9.55 Å². The second-order valence-corrected chi connectivity index (χ2v) is 4.14. The Bertz CT molecular complexity index is 746. The maximum Gasteiger partial charge on any atom is 0.316 e. The molecule has 2 rings (SSSR count). The van der Waals surface area contributed by atoms with E-state index in [1.54, 1.807) is 18.2 Å². The van der Waals surface area contributed by atoms with Crippen molar-refractivity contribution in [2.24, 2.45) is 7.05 Å². The van der Waals surface area contributed by atoms with Crippen LogP contribution in [0.25, 0.3) is 10.9 Å². The molecule has 82 valence electrons. The Labute approximate surface area is 97.5 Å². The van der Waals surface area contributed by atoms with Gasteiger partial charge in [-0.15, -0.1) is 0 Å². The molecule has 0 spiro atoms. The molecule has 1 heterocycles. The summed E-state index contributed by atoms with van der Waals surface area (Å²) in [5.41, 5.74) is -1.86. The van der Waals surface area contributed by atoms with Crippen LogP contribution in [0.4, 0.5) is 0 Å². The van der Waals surface area contributed by atoms with Gasteiger partial charge in [0.15, 0.2) is 0 Å². The highest BCUT2D eigenvalue weighted by Gasteiger charge is 2.07. The van der Waals surface area contributed by atoms with Crippen LogP contribution >= 0.6 is 15.9 Å². The molecule has 0 aliphatic carbocycles. The van der Waals surface area contributed by atoms with Crippen LogP contribution < -0.4 is 16.7 Å². The molecule has 0 aliphatic rings. The van der Waals surface area contributed by atoms with E-state index in [1.165, 1.54) is 7.05 Å². The molecule has 0 amide bonds. The lowest BCUT2D eigenvalue weighted by Gasteiger charge is -1.99. The number of aromatic nitrogens is 2. The van der Waals surface area contributed by atoms with Crippen LogP contribution in [0, 0.1) is 0 Å². The number of aromatic amines is 1. The van der Waals surface area contributed by atoms with Gasteiger partial charge in [-0.05, 0) is 28.1 Å². The summed E-state index contributed by atoms with van der Waals surface area (Å²) in [5, 5.41) is 0.288. The molecule has 6 heteroatoms. The predicted octanol–water partition coefficient (Wildman–Crippen LogP) is 0.349. The van der Waals surface area contributed by atoms with Crippen molar-refractivity contribution in [3.8, 4) is 0 Å². The van der Waals surface area contributed by atoms with Gasteiger partial charge in [-0.3, -0.25) is 19.4 Å². The van der Waals surface area contributed by atoms with Crippen LogP contribution in [0.1, 0.15) is 0 Å². The van der Waals surface area contributed by atoms with Crippen molar-refractivity contribution in [1.29, 1.82) is 0 Å². The summed E-state index contributed by atoms with van der Waals surface area (Å²) >= 11 is 3.25. The van der Waals surface area contributed by atoms with E-state index < -0.39 is 16.7 Å². The van der Waals surface area contributed by atoms with Gasteiger partial charge in [0.25, 0.3) is 5.56 Å². The van der Waals surface area contributed by atoms with Crippen molar-refractivity contribution < 1.29 is 0 Å². The zero-order valence-corrected chi connectivity index (χ0v) is 9.87. The molecule has 1 N–H and O–H groups in total. The first kappa shape index (κ1) is 10.8. The number of hydrogen-bond acceptors (Lipinski definition) is 3. The van der Waals surface area contributed by atoms with Crippen LogP contribution in [0.2, 0.25) is 0 Å². The molecule has 0 aliphatic heterocycles. The highest BCUT2D eigenvalue weighted by Crippen LogP contribution is 2.18. The highest BCUT2D eigenvalue weighted by molar-refractivity contribution is 9.10. The van der Waals surface area contributed by atoms with Crippen molar-refractivity contribution in [2.45, 2.75) is 0 Å². The Morgan fingerprint density at radius 2 is 1.88 bits per heavy atom. The number of rotatable bonds is 0. The molecule has 5 nitrogen and oxygen atoms in total. The Morgan fingerprint density at radius 1 is 1.19 bits per heavy atom. The van der Waals surface area contributed by atoms with Crippen LogP contribution in [0.3, 0.4) is 0 Å². The van der Waals surface area contributed by atoms with Crippen molar-refractivity contribution in [2.75, 3.05) is 0 Å². The third kappa shape index (κ3) is 1.51. The van der Waals surface area contributed by atoms with E-state index in [-0.39, 0.29) is 5.39 Å². The number of H-pyrrole nitrogens is 1. The number of fused-ring (bicyclic) bond motifs is 1. The van der Waals surface area contributed by atoms with E-state index in [0.29, 0.717) is 9.99 Å². The van der Waals surface area contributed by atoms with Gasteiger partial charge in [0.05, 0.1) is 10.9 Å². The second kappa shape index (κ2) is 3.71. The minimum atomic E-state index is -0.921. The second-order valence-electron chi connectivity index (χ2n) is 3.28. The molecule has 2 aromatic rings. The van der Waals surface area contributed by atoms with E-state index in [2.05, 4.69) is 15.9 Å². The van der Waals surface area contributed by atoms with Gasteiger partial charge in [0.2, 0.25) is 0 Å². The number of aryl methyl sites for hydroxylation is 1. The van der Waals surface area contributed by atoms with Gasteiger partial charge in [0, 0.05) is 11.5 Å². The average Bonchev–Trinajstić information content (AvgIpc) is 2.32. The van der Waals surface area contributed by atoms with Crippen molar-refractivity contribution in [3.63, 3.8) is 0 Å². The van der Waals surface area contributed by atoms with Crippen molar-refractivity contribution >= 4 is 26.8 Å². The molecule has 1 aromatic carbocycles. The van der Waals surface area contributed by atoms with E-state index in [4.69, 9.17) is 0 Å². The molecule has 0 saturated heterocycles. The smallest absolute Gasteiger partial charge is 0.305 e. The normalized spacial score (nSPS) is 10.6. The first-order valence-electron chi connectivity index (χ1n) is 4.44. The SMILES string of the molecule is Cn1c(=O)c(=O)[nH]c(=O)c2cccc(Br)c21. The largest absolute Gasteiger partial charge is 0.316 e. The van der Waals surface area contributed by atoms with E-state index >= 15 is 0 Å². The summed E-state index contributed by atoms with van der Waals surface area (Å²) in [5.74, 6) is 0. The molecule has 0 saturated carbocycles. The van der Waals surface area contributed by atoms with Crippen LogP contribution in [-0.2, 0) is 7.05 Å². The Hall–Kier alpha value is -1.69. The number of benzene rings is 1. The Balaban J connectivity index is 3.34. The van der Waals surface area contributed by atoms with Crippen LogP contribution in [0.15, 0.2) is 37.1 Å².